The number of hydrogen-bond donors (Lipinski definition) is 1. The van der Waals surface area contributed by atoms with Crippen molar-refractivity contribution in [2.24, 2.45) is 5.92 Å². The predicted octanol–water partition coefficient (Wildman–Crippen LogP) is 1.97. The highest BCUT2D eigenvalue weighted by Crippen LogP contribution is 2.05. The Balaban J connectivity index is 2.31. The summed E-state index contributed by atoms with van der Waals surface area (Å²) in [5.41, 5.74) is 0.890. The van der Waals surface area contributed by atoms with Gasteiger partial charge in [0.2, 0.25) is 0 Å². The average Bonchev–Trinajstić information content (AvgIpc) is 2.29. The normalized spacial score (nSPS) is 12.9. The van der Waals surface area contributed by atoms with Gasteiger partial charge in [-0.3, -0.25) is 4.79 Å². The fraction of sp³-hybridized carbons (Fsp3) is 0.714. The van der Waals surface area contributed by atoms with Gasteiger partial charge in [-0.15, -0.1) is 0 Å². The molecule has 0 spiro atoms. The first-order valence-electron chi connectivity index (χ1n) is 6.76. The Morgan fingerprint density at radius 1 is 1.33 bits per heavy atom. The van der Waals surface area contributed by atoms with Crippen LogP contribution < -0.4 is 10.9 Å². The average molecular weight is 251 g/mol. The van der Waals surface area contributed by atoms with Crippen LogP contribution in [0.5, 0.6) is 0 Å². The van der Waals surface area contributed by atoms with Gasteiger partial charge in [-0.1, -0.05) is 13.8 Å². The van der Waals surface area contributed by atoms with Crippen LogP contribution >= 0.6 is 0 Å². The minimum absolute atomic E-state index is 0.0216. The Morgan fingerprint density at radius 2 is 2.06 bits per heavy atom. The van der Waals surface area contributed by atoms with E-state index in [1.165, 1.54) is 17.5 Å². The van der Waals surface area contributed by atoms with E-state index in [1.807, 2.05) is 6.92 Å². The number of nitrogens with one attached hydrogen (secondary N) is 1. The van der Waals surface area contributed by atoms with Gasteiger partial charge in [0.25, 0.3) is 5.56 Å². The van der Waals surface area contributed by atoms with Gasteiger partial charge in [-0.05, 0) is 38.2 Å². The summed E-state index contributed by atoms with van der Waals surface area (Å²) in [6.45, 7) is 9.96. The molecule has 1 rings (SSSR count). The molecule has 1 atom stereocenters. The van der Waals surface area contributed by atoms with Gasteiger partial charge in [-0.2, -0.15) is 5.10 Å². The Morgan fingerprint density at radius 3 is 2.67 bits per heavy atom. The van der Waals surface area contributed by atoms with Gasteiger partial charge in [-0.25, -0.2) is 4.68 Å². The Labute approximate surface area is 109 Å². The molecule has 0 saturated heterocycles. The van der Waals surface area contributed by atoms with E-state index >= 15 is 0 Å². The smallest absolute Gasteiger partial charge is 0.267 e. The van der Waals surface area contributed by atoms with Crippen molar-refractivity contribution in [2.75, 3.05) is 6.54 Å². The molecule has 0 aliphatic heterocycles. The maximum Gasteiger partial charge on any atom is 0.267 e. The SMILES string of the molecule is Cc1cnn(CCNC(C)CCC(C)C)c(=O)c1. The molecule has 0 saturated carbocycles. The predicted molar refractivity (Wildman–Crippen MR) is 74.8 cm³/mol. The van der Waals surface area contributed by atoms with E-state index in [9.17, 15) is 4.79 Å². The summed E-state index contributed by atoms with van der Waals surface area (Å²) in [4.78, 5) is 11.6. The van der Waals surface area contributed by atoms with E-state index < -0.39 is 0 Å². The van der Waals surface area contributed by atoms with Crippen molar-refractivity contribution in [3.63, 3.8) is 0 Å². The van der Waals surface area contributed by atoms with E-state index in [2.05, 4.69) is 31.2 Å². The zero-order valence-corrected chi connectivity index (χ0v) is 11.9. The zero-order chi connectivity index (χ0) is 13.5. The lowest BCUT2D eigenvalue weighted by Crippen LogP contribution is -2.33. The molecule has 0 fully saturated rings. The minimum Gasteiger partial charge on any atom is -0.312 e. The van der Waals surface area contributed by atoms with Gasteiger partial charge < -0.3 is 5.32 Å². The molecule has 4 heteroatoms. The summed E-state index contributed by atoms with van der Waals surface area (Å²) in [7, 11) is 0. The summed E-state index contributed by atoms with van der Waals surface area (Å²) < 4.78 is 1.51. The van der Waals surface area contributed by atoms with Crippen LogP contribution in [0.2, 0.25) is 0 Å². The van der Waals surface area contributed by atoms with Crippen LogP contribution in [-0.4, -0.2) is 22.4 Å². The molecule has 102 valence electrons. The van der Waals surface area contributed by atoms with Gasteiger partial charge >= 0.3 is 0 Å². The first kappa shape index (κ1) is 14.9. The second-order valence-electron chi connectivity index (χ2n) is 5.42. The highest BCUT2D eigenvalue weighted by atomic mass is 16.1. The second kappa shape index (κ2) is 7.31. The molecular formula is C14H25N3O. The molecule has 0 bridgehead atoms. The molecule has 0 aliphatic rings. The van der Waals surface area contributed by atoms with E-state index in [4.69, 9.17) is 0 Å². The standard InChI is InChI=1S/C14H25N3O/c1-11(2)5-6-13(4)15-7-8-17-14(18)9-12(3)10-16-17/h9-11,13,15H,5-8H2,1-4H3. The largest absolute Gasteiger partial charge is 0.312 e. The summed E-state index contributed by atoms with van der Waals surface area (Å²) in [6.07, 6.45) is 4.13. The van der Waals surface area contributed by atoms with Crippen LogP contribution in [-0.2, 0) is 6.54 Å². The number of nitrogens with zero attached hydrogens (tertiary/aromatic N) is 2. The molecule has 18 heavy (non-hydrogen) atoms. The molecule has 0 aliphatic carbocycles. The molecule has 1 heterocycles. The summed E-state index contributed by atoms with van der Waals surface area (Å²) in [5, 5.41) is 7.54. The highest BCUT2D eigenvalue weighted by molar-refractivity contribution is 5.02. The number of aromatic nitrogens is 2. The van der Waals surface area contributed by atoms with Crippen LogP contribution in [0, 0.1) is 12.8 Å². The van der Waals surface area contributed by atoms with Crippen molar-refractivity contribution in [2.45, 2.75) is 53.1 Å². The number of hydrogen-bond acceptors (Lipinski definition) is 3. The molecule has 0 radical (unpaired) electrons. The molecular weight excluding hydrogens is 226 g/mol. The third-order valence-electron chi connectivity index (χ3n) is 3.00. The Bertz CT molecular complexity index is 412. The van der Waals surface area contributed by atoms with E-state index in [1.54, 1.807) is 12.3 Å². The topological polar surface area (TPSA) is 46.9 Å². The maximum atomic E-state index is 11.6. The van der Waals surface area contributed by atoms with Gasteiger partial charge in [0.05, 0.1) is 12.7 Å². The molecule has 1 aromatic rings. The lowest BCUT2D eigenvalue weighted by molar-refractivity contribution is 0.430. The lowest BCUT2D eigenvalue weighted by Gasteiger charge is -2.15. The Hall–Kier alpha value is -1.16. The van der Waals surface area contributed by atoms with Crippen LogP contribution in [0.1, 0.15) is 39.2 Å². The van der Waals surface area contributed by atoms with Gasteiger partial charge in [0.15, 0.2) is 0 Å². The lowest BCUT2D eigenvalue weighted by atomic mass is 10.0. The zero-order valence-electron chi connectivity index (χ0n) is 11.9. The minimum atomic E-state index is -0.0216. The number of rotatable bonds is 7. The van der Waals surface area contributed by atoms with E-state index in [0.717, 1.165) is 18.0 Å². The first-order valence-corrected chi connectivity index (χ1v) is 6.76. The van der Waals surface area contributed by atoms with Crippen LogP contribution in [0.25, 0.3) is 0 Å². The third-order valence-corrected chi connectivity index (χ3v) is 3.00. The summed E-state index contributed by atoms with van der Waals surface area (Å²) >= 11 is 0. The molecule has 0 amide bonds. The monoisotopic (exact) mass is 251 g/mol. The van der Waals surface area contributed by atoms with Gasteiger partial charge in [0.1, 0.15) is 0 Å². The fourth-order valence-corrected chi connectivity index (χ4v) is 1.79. The summed E-state index contributed by atoms with van der Waals surface area (Å²) in [6, 6.07) is 2.11. The van der Waals surface area contributed by atoms with Crippen molar-refractivity contribution in [1.29, 1.82) is 0 Å². The van der Waals surface area contributed by atoms with Gasteiger partial charge in [0, 0.05) is 18.7 Å². The quantitative estimate of drug-likeness (QED) is 0.806. The third kappa shape index (κ3) is 5.45. The molecule has 1 unspecified atom stereocenters. The molecule has 1 aromatic heterocycles. The highest BCUT2D eigenvalue weighted by Gasteiger charge is 2.03. The van der Waals surface area contributed by atoms with Crippen LogP contribution in [0.15, 0.2) is 17.1 Å². The fourth-order valence-electron chi connectivity index (χ4n) is 1.79. The van der Waals surface area contributed by atoms with Crippen molar-refractivity contribution >= 4 is 0 Å². The van der Waals surface area contributed by atoms with Crippen LogP contribution in [0.3, 0.4) is 0 Å². The van der Waals surface area contributed by atoms with E-state index in [0.29, 0.717) is 12.6 Å². The molecule has 0 aromatic carbocycles. The van der Waals surface area contributed by atoms with Crippen LogP contribution in [0.4, 0.5) is 0 Å². The van der Waals surface area contributed by atoms with E-state index in [-0.39, 0.29) is 5.56 Å². The maximum absolute atomic E-state index is 11.6. The summed E-state index contributed by atoms with van der Waals surface area (Å²) in [5.74, 6) is 0.746. The van der Waals surface area contributed by atoms with Crippen molar-refractivity contribution < 1.29 is 0 Å². The van der Waals surface area contributed by atoms with Crippen molar-refractivity contribution in [1.82, 2.24) is 15.1 Å². The van der Waals surface area contributed by atoms with Crippen molar-refractivity contribution in [3.05, 3.63) is 28.2 Å². The second-order valence-corrected chi connectivity index (χ2v) is 5.42. The Kier molecular flexibility index (Phi) is 6.05. The first-order chi connectivity index (χ1) is 8.49. The molecule has 4 nitrogen and oxygen atoms in total. The molecule has 1 N–H and O–H groups in total. The number of aryl methyl sites for hydroxylation is 1. The van der Waals surface area contributed by atoms with Crippen molar-refractivity contribution in [3.8, 4) is 0 Å².